The molecule has 0 saturated carbocycles. The van der Waals surface area contributed by atoms with Crippen molar-refractivity contribution in [3.63, 3.8) is 0 Å². The Morgan fingerprint density at radius 2 is 1.55 bits per heavy atom. The van der Waals surface area contributed by atoms with E-state index in [1.54, 1.807) is 0 Å². The van der Waals surface area contributed by atoms with Gasteiger partial charge in [-0.1, -0.05) is 54.6 Å². The van der Waals surface area contributed by atoms with Gasteiger partial charge in [-0.2, -0.15) is 0 Å². The Labute approximate surface area is 119 Å². The summed E-state index contributed by atoms with van der Waals surface area (Å²) in [4.78, 5) is 10.8. The third kappa shape index (κ3) is 4.21. The predicted molar refractivity (Wildman–Crippen MR) is 81.0 cm³/mol. The third-order valence-corrected chi connectivity index (χ3v) is 3.36. The van der Waals surface area contributed by atoms with E-state index in [1.807, 2.05) is 30.3 Å². The summed E-state index contributed by atoms with van der Waals surface area (Å²) in [6, 6.07) is 18.5. The summed E-state index contributed by atoms with van der Waals surface area (Å²) in [7, 11) is 0. The summed E-state index contributed by atoms with van der Waals surface area (Å²) in [6.07, 6.45) is 1.83. The van der Waals surface area contributed by atoms with E-state index in [0.717, 1.165) is 12.0 Å². The number of hydrogen-bond donors (Lipinski definition) is 2. The molecule has 0 aromatic heterocycles. The smallest absolute Gasteiger partial charge is 0.217 e. The van der Waals surface area contributed by atoms with E-state index in [9.17, 15) is 4.79 Å². The van der Waals surface area contributed by atoms with Gasteiger partial charge in [0.1, 0.15) is 0 Å². The van der Waals surface area contributed by atoms with Gasteiger partial charge in [-0.25, -0.2) is 0 Å². The number of benzene rings is 2. The number of amides is 1. The first-order valence-electron chi connectivity index (χ1n) is 6.82. The molecule has 2 aromatic carbocycles. The van der Waals surface area contributed by atoms with Gasteiger partial charge in [0.15, 0.2) is 0 Å². The molecule has 1 atom stereocenters. The second-order valence-corrected chi connectivity index (χ2v) is 5.02. The van der Waals surface area contributed by atoms with Gasteiger partial charge in [-0.15, -0.1) is 0 Å². The fraction of sp³-hybridized carbons (Fsp3) is 0.235. The van der Waals surface area contributed by atoms with Gasteiger partial charge in [-0.05, 0) is 29.5 Å². The van der Waals surface area contributed by atoms with Crippen molar-refractivity contribution in [1.29, 1.82) is 0 Å². The van der Waals surface area contributed by atoms with Crippen molar-refractivity contribution in [2.45, 2.75) is 25.3 Å². The minimum Gasteiger partial charge on any atom is -0.370 e. The molecule has 3 heteroatoms. The molecule has 2 aromatic rings. The fourth-order valence-electron chi connectivity index (χ4n) is 2.18. The summed E-state index contributed by atoms with van der Waals surface area (Å²) in [5, 5.41) is 0. The monoisotopic (exact) mass is 268 g/mol. The molecular formula is C17H20N2O. The Hall–Kier alpha value is -2.13. The molecule has 0 heterocycles. The molecule has 0 fully saturated rings. The molecule has 104 valence electrons. The van der Waals surface area contributed by atoms with Gasteiger partial charge < -0.3 is 11.5 Å². The van der Waals surface area contributed by atoms with Crippen LogP contribution in [0.4, 0.5) is 0 Å². The third-order valence-electron chi connectivity index (χ3n) is 3.36. The zero-order valence-corrected chi connectivity index (χ0v) is 11.5. The number of carbonyl (C=O) groups is 1. The Morgan fingerprint density at radius 3 is 2.15 bits per heavy atom. The van der Waals surface area contributed by atoms with Crippen LogP contribution in [0.5, 0.6) is 0 Å². The van der Waals surface area contributed by atoms with E-state index in [1.165, 1.54) is 11.1 Å². The van der Waals surface area contributed by atoms with E-state index in [4.69, 9.17) is 11.5 Å². The highest BCUT2D eigenvalue weighted by Gasteiger charge is 2.07. The molecule has 0 aliphatic heterocycles. The first-order valence-corrected chi connectivity index (χ1v) is 6.82. The van der Waals surface area contributed by atoms with Crippen molar-refractivity contribution >= 4 is 5.91 Å². The van der Waals surface area contributed by atoms with Crippen molar-refractivity contribution in [2.24, 2.45) is 11.5 Å². The molecule has 0 aliphatic carbocycles. The minimum atomic E-state index is -0.304. The van der Waals surface area contributed by atoms with Crippen molar-refractivity contribution in [3.8, 4) is 0 Å². The normalized spacial score (nSPS) is 12.1. The van der Waals surface area contributed by atoms with Crippen molar-refractivity contribution in [2.75, 3.05) is 0 Å². The fourth-order valence-corrected chi connectivity index (χ4v) is 2.18. The van der Waals surface area contributed by atoms with Crippen LogP contribution < -0.4 is 11.5 Å². The molecule has 4 N–H and O–H groups in total. The summed E-state index contributed by atoms with van der Waals surface area (Å²) in [6.45, 7) is 0. The molecule has 0 spiro atoms. The van der Waals surface area contributed by atoms with Gasteiger partial charge >= 0.3 is 0 Å². The highest BCUT2D eigenvalue weighted by molar-refractivity contribution is 5.73. The molecule has 20 heavy (non-hydrogen) atoms. The second-order valence-electron chi connectivity index (χ2n) is 5.02. The lowest BCUT2D eigenvalue weighted by Crippen LogP contribution is -2.16. The van der Waals surface area contributed by atoms with E-state index in [2.05, 4.69) is 24.3 Å². The van der Waals surface area contributed by atoms with Gasteiger partial charge in [0, 0.05) is 12.5 Å². The topological polar surface area (TPSA) is 69.1 Å². The Morgan fingerprint density at radius 1 is 0.950 bits per heavy atom. The highest BCUT2D eigenvalue weighted by atomic mass is 16.1. The summed E-state index contributed by atoms with van der Waals surface area (Å²) in [5.74, 6) is -0.304. The van der Waals surface area contributed by atoms with Crippen molar-refractivity contribution in [1.82, 2.24) is 0 Å². The standard InChI is InChI=1S/C17H20N2O/c18-16(10-11-17(19)20)15-8-6-14(7-9-15)12-13-4-2-1-3-5-13/h1-9,16H,10-12,18H2,(H2,19,20). The van der Waals surface area contributed by atoms with E-state index >= 15 is 0 Å². The average Bonchev–Trinajstić information content (AvgIpc) is 2.46. The van der Waals surface area contributed by atoms with Crippen LogP contribution in [0.2, 0.25) is 0 Å². The quantitative estimate of drug-likeness (QED) is 0.845. The summed E-state index contributed by atoms with van der Waals surface area (Å²) >= 11 is 0. The van der Waals surface area contributed by atoms with Crippen LogP contribution in [0.3, 0.4) is 0 Å². The Bertz CT molecular complexity index is 549. The van der Waals surface area contributed by atoms with Crippen LogP contribution in [0.15, 0.2) is 54.6 Å². The number of carbonyl (C=O) groups excluding carboxylic acids is 1. The van der Waals surface area contributed by atoms with Crippen molar-refractivity contribution < 1.29 is 4.79 Å². The van der Waals surface area contributed by atoms with E-state index in [0.29, 0.717) is 12.8 Å². The first-order chi connectivity index (χ1) is 9.65. The van der Waals surface area contributed by atoms with Crippen LogP contribution >= 0.6 is 0 Å². The molecule has 0 bridgehead atoms. The van der Waals surface area contributed by atoms with Crippen LogP contribution in [0.1, 0.15) is 35.6 Å². The molecule has 1 unspecified atom stereocenters. The largest absolute Gasteiger partial charge is 0.370 e. The molecular weight excluding hydrogens is 248 g/mol. The van der Waals surface area contributed by atoms with Crippen LogP contribution in [-0.2, 0) is 11.2 Å². The lowest BCUT2D eigenvalue weighted by atomic mass is 9.99. The molecule has 0 saturated heterocycles. The summed E-state index contributed by atoms with van der Waals surface area (Å²) in [5.41, 5.74) is 14.8. The first kappa shape index (κ1) is 14.3. The van der Waals surface area contributed by atoms with E-state index < -0.39 is 0 Å². The van der Waals surface area contributed by atoms with Crippen LogP contribution in [0, 0.1) is 0 Å². The van der Waals surface area contributed by atoms with Gasteiger partial charge in [-0.3, -0.25) is 4.79 Å². The predicted octanol–water partition coefficient (Wildman–Crippen LogP) is 2.54. The summed E-state index contributed by atoms with van der Waals surface area (Å²) < 4.78 is 0. The molecule has 1 amide bonds. The zero-order valence-electron chi connectivity index (χ0n) is 11.5. The lowest BCUT2D eigenvalue weighted by Gasteiger charge is -2.11. The van der Waals surface area contributed by atoms with E-state index in [-0.39, 0.29) is 11.9 Å². The van der Waals surface area contributed by atoms with Crippen molar-refractivity contribution in [3.05, 3.63) is 71.3 Å². The SMILES string of the molecule is NC(=O)CCC(N)c1ccc(Cc2ccccc2)cc1. The van der Waals surface area contributed by atoms with Gasteiger partial charge in [0.05, 0.1) is 0 Å². The number of hydrogen-bond acceptors (Lipinski definition) is 2. The number of nitrogens with two attached hydrogens (primary N) is 2. The second kappa shape index (κ2) is 6.87. The van der Waals surface area contributed by atoms with Gasteiger partial charge in [0.25, 0.3) is 0 Å². The molecule has 0 aliphatic rings. The molecule has 0 radical (unpaired) electrons. The highest BCUT2D eigenvalue weighted by Crippen LogP contribution is 2.17. The zero-order chi connectivity index (χ0) is 14.4. The minimum absolute atomic E-state index is 0.131. The maximum Gasteiger partial charge on any atom is 0.217 e. The number of primary amides is 1. The molecule has 3 nitrogen and oxygen atoms in total. The Balaban J connectivity index is 1.97. The van der Waals surface area contributed by atoms with Crippen LogP contribution in [-0.4, -0.2) is 5.91 Å². The van der Waals surface area contributed by atoms with Gasteiger partial charge in [0.2, 0.25) is 5.91 Å². The maximum atomic E-state index is 10.8. The molecule has 2 rings (SSSR count). The number of rotatable bonds is 6. The Kier molecular flexibility index (Phi) is 4.91. The maximum absolute atomic E-state index is 10.8. The average molecular weight is 268 g/mol. The van der Waals surface area contributed by atoms with Crippen LogP contribution in [0.25, 0.3) is 0 Å². The lowest BCUT2D eigenvalue weighted by molar-refractivity contribution is -0.118.